The maximum absolute atomic E-state index is 6.65. The maximum atomic E-state index is 6.65. The molecule has 2 aromatic rings. The Bertz CT molecular complexity index is 857. The Morgan fingerprint density at radius 3 is 2.72 bits per heavy atom. The lowest BCUT2D eigenvalue weighted by Gasteiger charge is -2.50. The fraction of sp³-hybridized carbons (Fsp3) is 0.571. The SMILES string of the molecule is c1ccc2c(c1)c(C1=NCC3(CN4CCC3CC4)O1)cn2CC1CC1. The minimum Gasteiger partial charge on any atom is -0.467 e. The highest BCUT2D eigenvalue weighted by molar-refractivity contribution is 6.07. The number of fused-ring (bicyclic) bond motifs is 3. The first-order chi connectivity index (χ1) is 12.3. The summed E-state index contributed by atoms with van der Waals surface area (Å²) in [4.78, 5) is 7.48. The van der Waals surface area contributed by atoms with E-state index in [4.69, 9.17) is 9.73 Å². The lowest BCUT2D eigenvalue weighted by atomic mass is 9.75. The van der Waals surface area contributed by atoms with Gasteiger partial charge >= 0.3 is 0 Å². The van der Waals surface area contributed by atoms with Crippen molar-refractivity contribution in [2.45, 2.75) is 37.8 Å². The third kappa shape index (κ3) is 2.20. The highest BCUT2D eigenvalue weighted by atomic mass is 16.5. The van der Waals surface area contributed by atoms with Crippen LogP contribution < -0.4 is 0 Å². The largest absolute Gasteiger partial charge is 0.467 e. The fourth-order valence-electron chi connectivity index (χ4n) is 5.17. The number of rotatable bonds is 3. The number of nitrogens with zero attached hydrogens (tertiary/aromatic N) is 3. The third-order valence-corrected chi connectivity index (χ3v) is 6.78. The molecule has 5 aliphatic rings. The number of hydrogen-bond acceptors (Lipinski definition) is 3. The molecule has 0 radical (unpaired) electrons. The predicted molar refractivity (Wildman–Crippen MR) is 99.0 cm³/mol. The first-order valence-corrected chi connectivity index (χ1v) is 9.85. The van der Waals surface area contributed by atoms with Crippen LogP contribution in [0, 0.1) is 11.8 Å². The molecular formula is C21H25N3O. The van der Waals surface area contributed by atoms with E-state index in [9.17, 15) is 0 Å². The zero-order valence-corrected chi connectivity index (χ0v) is 14.7. The molecule has 7 rings (SSSR count). The summed E-state index contributed by atoms with van der Waals surface area (Å²) in [6, 6.07) is 8.73. The Hall–Kier alpha value is -1.81. The molecule has 1 aromatic heterocycles. The number of piperidine rings is 3. The number of aliphatic imine (C=N–C) groups is 1. The number of aromatic nitrogens is 1. The summed E-state index contributed by atoms with van der Waals surface area (Å²) in [7, 11) is 0. The summed E-state index contributed by atoms with van der Waals surface area (Å²) in [6.45, 7) is 5.52. The molecular weight excluding hydrogens is 310 g/mol. The van der Waals surface area contributed by atoms with Crippen LogP contribution in [0.25, 0.3) is 10.9 Å². The number of ether oxygens (including phenoxy) is 1. The monoisotopic (exact) mass is 335 g/mol. The molecule has 4 fully saturated rings. The molecule has 0 amide bonds. The summed E-state index contributed by atoms with van der Waals surface area (Å²) in [6.07, 6.45) is 7.58. The van der Waals surface area contributed by atoms with Gasteiger partial charge in [-0.2, -0.15) is 0 Å². The van der Waals surface area contributed by atoms with Crippen LogP contribution in [0.3, 0.4) is 0 Å². The molecule has 1 spiro atoms. The average molecular weight is 335 g/mol. The van der Waals surface area contributed by atoms with Gasteiger partial charge in [0.1, 0.15) is 5.60 Å². The van der Waals surface area contributed by atoms with Gasteiger partial charge in [-0.05, 0) is 50.8 Å². The topological polar surface area (TPSA) is 29.8 Å². The van der Waals surface area contributed by atoms with Crippen LogP contribution in [0.15, 0.2) is 35.5 Å². The first kappa shape index (κ1) is 14.4. The zero-order chi connectivity index (χ0) is 16.4. The summed E-state index contributed by atoms with van der Waals surface area (Å²) in [5.74, 6) is 2.43. The van der Waals surface area contributed by atoms with Gasteiger partial charge in [0.15, 0.2) is 0 Å². The molecule has 1 atom stereocenters. The van der Waals surface area contributed by atoms with Gasteiger partial charge in [0.05, 0.1) is 12.1 Å². The highest BCUT2D eigenvalue weighted by Crippen LogP contribution is 2.42. The normalized spacial score (nSPS) is 33.8. The molecule has 4 aliphatic heterocycles. The van der Waals surface area contributed by atoms with Crippen LogP contribution in [-0.2, 0) is 11.3 Å². The van der Waals surface area contributed by atoms with E-state index in [1.54, 1.807) is 0 Å². The second kappa shape index (κ2) is 5.10. The van der Waals surface area contributed by atoms with Gasteiger partial charge in [-0.25, -0.2) is 4.99 Å². The maximum Gasteiger partial charge on any atom is 0.219 e. The predicted octanol–water partition coefficient (Wildman–Crippen LogP) is 3.29. The van der Waals surface area contributed by atoms with Crippen molar-refractivity contribution in [3.63, 3.8) is 0 Å². The molecule has 25 heavy (non-hydrogen) atoms. The highest BCUT2D eigenvalue weighted by Gasteiger charge is 2.51. The Labute approximate surface area is 148 Å². The fourth-order valence-corrected chi connectivity index (χ4v) is 5.17. The Morgan fingerprint density at radius 2 is 1.96 bits per heavy atom. The van der Waals surface area contributed by atoms with Gasteiger partial charge in [0.25, 0.3) is 0 Å². The van der Waals surface area contributed by atoms with E-state index >= 15 is 0 Å². The lowest BCUT2D eigenvalue weighted by Crippen LogP contribution is -2.60. The second-order valence-electron chi connectivity index (χ2n) is 8.49. The van der Waals surface area contributed by atoms with Crippen molar-refractivity contribution in [3.8, 4) is 0 Å². The van der Waals surface area contributed by atoms with Crippen LogP contribution in [-0.4, -0.2) is 47.1 Å². The van der Waals surface area contributed by atoms with E-state index < -0.39 is 0 Å². The van der Waals surface area contributed by atoms with E-state index in [2.05, 4.69) is 39.9 Å². The van der Waals surface area contributed by atoms with Gasteiger partial charge in [0, 0.05) is 36.1 Å². The van der Waals surface area contributed by atoms with Gasteiger partial charge < -0.3 is 9.30 Å². The summed E-state index contributed by atoms with van der Waals surface area (Å²) < 4.78 is 9.07. The molecule has 5 heterocycles. The summed E-state index contributed by atoms with van der Waals surface area (Å²) in [5, 5.41) is 1.29. The summed E-state index contributed by atoms with van der Waals surface area (Å²) >= 11 is 0. The Morgan fingerprint density at radius 1 is 1.12 bits per heavy atom. The van der Waals surface area contributed by atoms with E-state index in [-0.39, 0.29) is 5.60 Å². The van der Waals surface area contributed by atoms with Crippen molar-refractivity contribution < 1.29 is 4.74 Å². The van der Waals surface area contributed by atoms with Crippen LogP contribution in [0.4, 0.5) is 0 Å². The van der Waals surface area contributed by atoms with E-state index in [1.165, 1.54) is 55.2 Å². The lowest BCUT2D eigenvalue weighted by molar-refractivity contribution is -0.0825. The third-order valence-electron chi connectivity index (χ3n) is 6.78. The minimum atomic E-state index is -0.0501. The van der Waals surface area contributed by atoms with Crippen molar-refractivity contribution in [3.05, 3.63) is 36.0 Å². The Balaban J connectivity index is 1.36. The molecule has 4 nitrogen and oxygen atoms in total. The Kier molecular flexibility index (Phi) is 2.93. The van der Waals surface area contributed by atoms with Gasteiger partial charge in [-0.3, -0.25) is 4.90 Å². The number of para-hydroxylation sites is 1. The quantitative estimate of drug-likeness (QED) is 0.861. The smallest absolute Gasteiger partial charge is 0.219 e. The van der Waals surface area contributed by atoms with E-state index in [1.807, 2.05) is 0 Å². The van der Waals surface area contributed by atoms with Gasteiger partial charge in [-0.15, -0.1) is 0 Å². The zero-order valence-electron chi connectivity index (χ0n) is 14.7. The first-order valence-electron chi connectivity index (χ1n) is 9.85. The average Bonchev–Trinajstić information content (AvgIpc) is 3.28. The van der Waals surface area contributed by atoms with Crippen molar-refractivity contribution in [2.75, 3.05) is 26.2 Å². The molecule has 0 N–H and O–H groups in total. The van der Waals surface area contributed by atoms with E-state index in [0.717, 1.165) is 31.4 Å². The molecule has 4 heteroatoms. The molecule has 130 valence electrons. The molecule has 1 unspecified atom stereocenters. The molecule has 1 aromatic carbocycles. The van der Waals surface area contributed by atoms with Crippen molar-refractivity contribution in [2.24, 2.45) is 16.8 Å². The standard InChI is InChI=1S/C21H25N3O/c1-2-4-19-17(3-1)18(12-24(19)11-15-5-6-15)20-22-13-21(25-20)14-23-9-7-16(21)8-10-23/h1-4,12,15-16H,5-11,13-14H2. The van der Waals surface area contributed by atoms with Crippen LogP contribution in [0.1, 0.15) is 31.2 Å². The van der Waals surface area contributed by atoms with Gasteiger partial charge in [0.2, 0.25) is 5.90 Å². The second-order valence-corrected chi connectivity index (χ2v) is 8.49. The van der Waals surface area contributed by atoms with Crippen molar-refractivity contribution >= 4 is 16.8 Å². The van der Waals surface area contributed by atoms with Crippen LogP contribution >= 0.6 is 0 Å². The minimum absolute atomic E-state index is 0.0501. The van der Waals surface area contributed by atoms with Gasteiger partial charge in [-0.1, -0.05) is 18.2 Å². The number of hydrogen-bond donors (Lipinski definition) is 0. The van der Waals surface area contributed by atoms with Crippen molar-refractivity contribution in [1.82, 2.24) is 9.47 Å². The number of benzene rings is 1. The van der Waals surface area contributed by atoms with Crippen molar-refractivity contribution in [1.29, 1.82) is 0 Å². The van der Waals surface area contributed by atoms with Crippen LogP contribution in [0.2, 0.25) is 0 Å². The summed E-state index contributed by atoms with van der Waals surface area (Å²) in [5.41, 5.74) is 2.47. The van der Waals surface area contributed by atoms with Crippen LogP contribution in [0.5, 0.6) is 0 Å². The molecule has 1 aliphatic carbocycles. The molecule has 3 saturated heterocycles. The van der Waals surface area contributed by atoms with E-state index in [0.29, 0.717) is 5.92 Å². The molecule has 2 bridgehead atoms. The molecule has 1 saturated carbocycles.